The molecule has 8 nitrogen and oxygen atoms in total. The van der Waals surface area contributed by atoms with Crippen LogP contribution in [0, 0.1) is 0 Å². The smallest absolute Gasteiger partial charge is 0.252 e. The molecule has 1 heterocycles. The van der Waals surface area contributed by atoms with E-state index < -0.39 is 21.8 Å². The van der Waals surface area contributed by atoms with Crippen LogP contribution >= 0.6 is 24.8 Å². The van der Waals surface area contributed by atoms with E-state index in [2.05, 4.69) is 10.3 Å². The maximum Gasteiger partial charge on any atom is 0.252 e. The van der Waals surface area contributed by atoms with Crippen molar-refractivity contribution in [1.29, 1.82) is 0 Å². The van der Waals surface area contributed by atoms with Crippen LogP contribution in [0.5, 0.6) is 5.75 Å². The zero-order valence-electron chi connectivity index (χ0n) is 19.2. The number of primary amides is 1. The lowest BCUT2D eigenvalue weighted by Gasteiger charge is -2.28. The molecule has 190 valence electrons. The summed E-state index contributed by atoms with van der Waals surface area (Å²) in [6.45, 7) is 4.33. The molecule has 5 N–H and O–H groups in total. The molecule has 3 rings (SSSR count). The molecule has 0 aliphatic heterocycles. The minimum absolute atomic E-state index is 0. The van der Waals surface area contributed by atoms with Gasteiger partial charge in [0.15, 0.2) is 0 Å². The minimum Gasteiger partial charge on any atom is -0.507 e. The summed E-state index contributed by atoms with van der Waals surface area (Å²) in [5.41, 5.74) is 6.22. The number of hydrogen-bond donors (Lipinski definition) is 4. The summed E-state index contributed by atoms with van der Waals surface area (Å²) in [4.78, 5) is 15.4. The second-order valence-corrected chi connectivity index (χ2v) is 10.4. The molecule has 1 atom stereocenters. The van der Waals surface area contributed by atoms with Crippen molar-refractivity contribution in [3.63, 3.8) is 0 Å². The van der Waals surface area contributed by atoms with Gasteiger partial charge in [0.2, 0.25) is 9.84 Å². The fourth-order valence-electron chi connectivity index (χ4n) is 3.44. The Balaban J connectivity index is 0.00000306. The highest BCUT2D eigenvalue weighted by Crippen LogP contribution is 2.26. The van der Waals surface area contributed by atoms with E-state index in [1.54, 1.807) is 30.6 Å². The standard InChI is InChI=1S/C24H27N3O5S.2ClH/c1-24(2,27-15-22(29)17-4-3-11-26-14-17)13-16-5-7-18(8-6-16)33(31,32)19-9-10-21(28)20(12-19)23(25)30;;/h3-12,14,22,27-29H,13,15H2,1-2H3,(H2,25,30);2*1H/t22-;;/m0../s1. The monoisotopic (exact) mass is 541 g/mol. The Kier molecular flexibility index (Phi) is 10.7. The summed E-state index contributed by atoms with van der Waals surface area (Å²) >= 11 is 0. The van der Waals surface area contributed by atoms with Crippen molar-refractivity contribution < 1.29 is 23.4 Å². The SMILES string of the molecule is CC(C)(Cc1ccc(S(=O)(=O)c2ccc(O)c(C(N)=O)c2)cc1)NC[C@H](O)c1cccnc1.Cl.Cl. The Hall–Kier alpha value is -2.69. The zero-order chi connectivity index (χ0) is 24.2. The van der Waals surface area contributed by atoms with Crippen LogP contribution in [-0.2, 0) is 16.3 Å². The number of rotatable bonds is 9. The molecule has 11 heteroatoms. The first-order valence-corrected chi connectivity index (χ1v) is 11.8. The lowest BCUT2D eigenvalue weighted by Crippen LogP contribution is -2.43. The first-order valence-electron chi connectivity index (χ1n) is 10.3. The van der Waals surface area contributed by atoms with Crippen molar-refractivity contribution >= 4 is 40.6 Å². The number of pyridine rings is 1. The maximum atomic E-state index is 12.9. The number of carbonyl (C=O) groups excluding carboxylic acids is 1. The van der Waals surface area contributed by atoms with Gasteiger partial charge >= 0.3 is 0 Å². The van der Waals surface area contributed by atoms with E-state index in [-0.39, 0.29) is 51.5 Å². The Labute approximate surface area is 217 Å². The number of hydrogen-bond acceptors (Lipinski definition) is 7. The summed E-state index contributed by atoms with van der Waals surface area (Å²) < 4.78 is 25.9. The van der Waals surface area contributed by atoms with Crippen molar-refractivity contribution in [2.45, 2.75) is 41.7 Å². The number of nitrogens with two attached hydrogens (primary N) is 1. The zero-order valence-corrected chi connectivity index (χ0v) is 21.7. The highest BCUT2D eigenvalue weighted by atomic mass is 35.5. The first-order chi connectivity index (χ1) is 15.5. The molecule has 3 aromatic rings. The number of phenols is 1. The Morgan fingerprint density at radius 3 is 2.29 bits per heavy atom. The number of aliphatic hydroxyl groups is 1. The molecular weight excluding hydrogens is 513 g/mol. The van der Waals surface area contributed by atoms with Crippen LogP contribution < -0.4 is 11.1 Å². The van der Waals surface area contributed by atoms with Crippen LogP contribution in [0.15, 0.2) is 76.8 Å². The highest BCUT2D eigenvalue weighted by Gasteiger charge is 2.23. The fraction of sp³-hybridized carbons (Fsp3) is 0.250. The van der Waals surface area contributed by atoms with Gasteiger partial charge in [0.05, 0.1) is 21.5 Å². The fourth-order valence-corrected chi connectivity index (χ4v) is 4.73. The first kappa shape index (κ1) is 30.3. The molecule has 0 spiro atoms. The number of carbonyl (C=O) groups is 1. The van der Waals surface area contributed by atoms with Gasteiger partial charge in [-0.15, -0.1) is 24.8 Å². The average molecular weight is 542 g/mol. The number of aliphatic hydroxyl groups excluding tert-OH is 1. The Bertz CT molecular complexity index is 1240. The van der Waals surface area contributed by atoms with Crippen molar-refractivity contribution in [1.82, 2.24) is 10.3 Å². The molecule has 0 radical (unpaired) electrons. The number of aromatic nitrogens is 1. The van der Waals surface area contributed by atoms with E-state index in [4.69, 9.17) is 5.73 Å². The van der Waals surface area contributed by atoms with E-state index in [0.717, 1.165) is 23.3 Å². The predicted octanol–water partition coefficient (Wildman–Crippen LogP) is 3.21. The summed E-state index contributed by atoms with van der Waals surface area (Å²) in [6, 6.07) is 13.5. The number of nitrogens with zero attached hydrogens (tertiary/aromatic N) is 1. The average Bonchev–Trinajstić information content (AvgIpc) is 2.78. The molecule has 0 saturated heterocycles. The third-order valence-electron chi connectivity index (χ3n) is 5.27. The number of benzene rings is 2. The van der Waals surface area contributed by atoms with Crippen LogP contribution in [0.3, 0.4) is 0 Å². The van der Waals surface area contributed by atoms with Crippen molar-refractivity contribution in [3.8, 4) is 5.75 Å². The third kappa shape index (κ3) is 7.65. The van der Waals surface area contributed by atoms with Crippen molar-refractivity contribution in [2.24, 2.45) is 5.73 Å². The summed E-state index contributed by atoms with van der Waals surface area (Å²) in [5, 5.41) is 23.4. The van der Waals surface area contributed by atoms with E-state index in [9.17, 15) is 23.4 Å². The molecule has 0 saturated carbocycles. The predicted molar refractivity (Wildman–Crippen MR) is 138 cm³/mol. The largest absolute Gasteiger partial charge is 0.507 e. The van der Waals surface area contributed by atoms with E-state index in [1.807, 2.05) is 19.9 Å². The van der Waals surface area contributed by atoms with Crippen LogP contribution in [0.1, 0.15) is 41.4 Å². The normalized spacial score (nSPS) is 12.2. The minimum atomic E-state index is -3.90. The summed E-state index contributed by atoms with van der Waals surface area (Å²) in [6.07, 6.45) is 3.17. The molecule has 2 aromatic carbocycles. The number of amides is 1. The molecular formula is C24H29Cl2N3O5S. The van der Waals surface area contributed by atoms with Crippen LogP contribution in [-0.4, -0.2) is 41.6 Å². The summed E-state index contributed by atoms with van der Waals surface area (Å²) in [7, 11) is -3.90. The van der Waals surface area contributed by atoms with E-state index >= 15 is 0 Å². The van der Waals surface area contributed by atoms with Gasteiger partial charge in [0.25, 0.3) is 5.91 Å². The number of sulfone groups is 1. The van der Waals surface area contributed by atoms with Crippen LogP contribution in [0.2, 0.25) is 0 Å². The van der Waals surface area contributed by atoms with Gasteiger partial charge in [0.1, 0.15) is 5.75 Å². The van der Waals surface area contributed by atoms with E-state index in [0.29, 0.717) is 13.0 Å². The quantitative estimate of drug-likeness (QED) is 0.325. The lowest BCUT2D eigenvalue weighted by molar-refractivity contribution is 0.0997. The molecule has 1 amide bonds. The topological polar surface area (TPSA) is 143 Å². The van der Waals surface area contributed by atoms with Crippen LogP contribution in [0.25, 0.3) is 0 Å². The van der Waals surface area contributed by atoms with Gasteiger partial charge in [-0.2, -0.15) is 0 Å². The molecule has 0 fully saturated rings. The lowest BCUT2D eigenvalue weighted by atomic mass is 9.94. The number of β-amino-alcohol motifs (C(OH)–C–C–N with tert-alkyl or cyclic N) is 1. The van der Waals surface area contributed by atoms with Gasteiger partial charge < -0.3 is 21.3 Å². The van der Waals surface area contributed by atoms with Gasteiger partial charge in [0, 0.05) is 30.0 Å². The van der Waals surface area contributed by atoms with Crippen LogP contribution in [0.4, 0.5) is 0 Å². The van der Waals surface area contributed by atoms with Gasteiger partial charge in [-0.3, -0.25) is 9.78 Å². The van der Waals surface area contributed by atoms with Crippen molar-refractivity contribution in [2.75, 3.05) is 6.54 Å². The van der Waals surface area contributed by atoms with Gasteiger partial charge in [-0.05, 0) is 62.2 Å². The maximum absolute atomic E-state index is 12.9. The summed E-state index contributed by atoms with van der Waals surface area (Å²) in [5.74, 6) is -1.29. The Morgan fingerprint density at radius 1 is 1.09 bits per heavy atom. The van der Waals surface area contributed by atoms with Gasteiger partial charge in [-0.1, -0.05) is 18.2 Å². The molecule has 0 bridgehead atoms. The molecule has 1 aromatic heterocycles. The second kappa shape index (κ2) is 12.3. The van der Waals surface area contributed by atoms with Crippen molar-refractivity contribution in [3.05, 3.63) is 83.7 Å². The highest BCUT2D eigenvalue weighted by molar-refractivity contribution is 7.91. The molecule has 0 aliphatic rings. The number of nitrogens with one attached hydrogen (secondary N) is 1. The Morgan fingerprint density at radius 2 is 1.71 bits per heavy atom. The van der Waals surface area contributed by atoms with Gasteiger partial charge in [-0.25, -0.2) is 8.42 Å². The molecule has 35 heavy (non-hydrogen) atoms. The molecule has 0 unspecified atom stereocenters. The third-order valence-corrected chi connectivity index (χ3v) is 7.03. The molecule has 0 aliphatic carbocycles. The number of halogens is 2. The number of aromatic hydroxyl groups is 1. The van der Waals surface area contributed by atoms with E-state index in [1.165, 1.54) is 18.2 Å². The second-order valence-electron chi connectivity index (χ2n) is 8.43.